The van der Waals surface area contributed by atoms with Crippen LogP contribution in [0.15, 0.2) is 0 Å². The number of rotatable bonds is 3. The first-order chi connectivity index (χ1) is 8.05. The van der Waals surface area contributed by atoms with Crippen molar-refractivity contribution in [3.05, 3.63) is 5.01 Å². The Kier molecular flexibility index (Phi) is 3.82. The van der Waals surface area contributed by atoms with Gasteiger partial charge in [-0.3, -0.25) is 0 Å². The molecule has 0 saturated carbocycles. The van der Waals surface area contributed by atoms with E-state index in [9.17, 15) is 13.2 Å². The molecule has 4 nitrogen and oxygen atoms in total. The highest BCUT2D eigenvalue weighted by atomic mass is 32.1. The van der Waals surface area contributed by atoms with Gasteiger partial charge in [-0.15, -0.1) is 10.2 Å². The molecule has 1 aromatic rings. The fraction of sp³-hybridized carbons (Fsp3) is 0.778. The summed E-state index contributed by atoms with van der Waals surface area (Å²) in [6.45, 7) is 2.56. The number of halogens is 3. The molecule has 0 aliphatic carbocycles. The minimum absolute atomic E-state index is 0.239. The Morgan fingerprint density at radius 2 is 2.24 bits per heavy atom. The van der Waals surface area contributed by atoms with Crippen molar-refractivity contribution in [3.63, 3.8) is 0 Å². The van der Waals surface area contributed by atoms with E-state index in [1.54, 1.807) is 0 Å². The van der Waals surface area contributed by atoms with E-state index in [-0.39, 0.29) is 5.13 Å². The number of nitrogens with one attached hydrogen (secondary N) is 2. The normalized spacial score (nSPS) is 21.5. The van der Waals surface area contributed by atoms with E-state index in [0.717, 1.165) is 25.9 Å². The second-order valence-corrected chi connectivity index (χ2v) is 4.98. The average molecular weight is 266 g/mol. The number of hydrogen-bond donors (Lipinski definition) is 2. The summed E-state index contributed by atoms with van der Waals surface area (Å²) in [7, 11) is 0. The van der Waals surface area contributed by atoms with Gasteiger partial charge in [0.25, 0.3) is 0 Å². The number of nitrogens with zero attached hydrogens (tertiary/aromatic N) is 2. The highest BCUT2D eigenvalue weighted by Crippen LogP contribution is 2.33. The molecule has 0 radical (unpaired) electrons. The molecule has 0 aromatic carbocycles. The minimum Gasteiger partial charge on any atom is -0.360 e. The molecule has 2 rings (SSSR count). The van der Waals surface area contributed by atoms with Crippen LogP contribution in [-0.4, -0.2) is 29.8 Å². The summed E-state index contributed by atoms with van der Waals surface area (Å²) in [6, 6.07) is 0. The van der Waals surface area contributed by atoms with Crippen LogP contribution in [0.25, 0.3) is 0 Å². The molecule has 1 saturated heterocycles. The summed E-state index contributed by atoms with van der Waals surface area (Å²) in [4.78, 5) is 0. The van der Waals surface area contributed by atoms with Crippen molar-refractivity contribution in [2.75, 3.05) is 25.0 Å². The Hall–Kier alpha value is -0.890. The van der Waals surface area contributed by atoms with Crippen molar-refractivity contribution in [2.24, 2.45) is 5.92 Å². The van der Waals surface area contributed by atoms with Gasteiger partial charge in [0.05, 0.1) is 0 Å². The molecule has 0 amide bonds. The van der Waals surface area contributed by atoms with Crippen LogP contribution in [0.5, 0.6) is 0 Å². The third-order valence-electron chi connectivity index (χ3n) is 2.61. The molecule has 2 N–H and O–H groups in total. The van der Waals surface area contributed by atoms with Crippen molar-refractivity contribution < 1.29 is 13.2 Å². The highest BCUT2D eigenvalue weighted by molar-refractivity contribution is 7.15. The van der Waals surface area contributed by atoms with Gasteiger partial charge in [0.15, 0.2) is 0 Å². The first-order valence-corrected chi connectivity index (χ1v) is 6.22. The third-order valence-corrected chi connectivity index (χ3v) is 3.53. The molecule has 17 heavy (non-hydrogen) atoms. The zero-order valence-electron chi connectivity index (χ0n) is 9.05. The molecule has 1 unspecified atom stereocenters. The van der Waals surface area contributed by atoms with Gasteiger partial charge in [0.1, 0.15) is 0 Å². The monoisotopic (exact) mass is 266 g/mol. The number of hydrogen-bond acceptors (Lipinski definition) is 5. The van der Waals surface area contributed by atoms with E-state index in [4.69, 9.17) is 0 Å². The predicted octanol–water partition coefficient (Wildman–Crippen LogP) is 1.97. The molecule has 96 valence electrons. The second kappa shape index (κ2) is 5.18. The van der Waals surface area contributed by atoms with Crippen molar-refractivity contribution in [3.8, 4) is 0 Å². The first kappa shape index (κ1) is 12.6. The van der Waals surface area contributed by atoms with E-state index in [1.807, 2.05) is 0 Å². The fourth-order valence-corrected chi connectivity index (χ4v) is 2.36. The molecular formula is C9H13F3N4S. The van der Waals surface area contributed by atoms with Gasteiger partial charge in [-0.05, 0) is 31.8 Å². The standard InChI is InChI=1S/C9H13F3N4S/c10-9(11,12)7-15-16-8(17-7)14-5-6-2-1-3-13-4-6/h6,13H,1-5H2,(H,14,16). The predicted molar refractivity (Wildman–Crippen MR) is 59.0 cm³/mol. The molecule has 2 heterocycles. The summed E-state index contributed by atoms with van der Waals surface area (Å²) >= 11 is 0.550. The quantitative estimate of drug-likeness (QED) is 0.878. The topological polar surface area (TPSA) is 49.8 Å². The Labute approximate surface area is 101 Å². The Morgan fingerprint density at radius 3 is 2.82 bits per heavy atom. The number of anilines is 1. The van der Waals surface area contributed by atoms with Crippen molar-refractivity contribution in [1.29, 1.82) is 0 Å². The van der Waals surface area contributed by atoms with Crippen molar-refractivity contribution >= 4 is 16.5 Å². The van der Waals surface area contributed by atoms with Gasteiger partial charge in [-0.2, -0.15) is 13.2 Å². The Balaban J connectivity index is 1.84. The lowest BCUT2D eigenvalue weighted by Crippen LogP contribution is -2.33. The van der Waals surface area contributed by atoms with Crippen LogP contribution in [0.1, 0.15) is 17.8 Å². The van der Waals surface area contributed by atoms with E-state index in [2.05, 4.69) is 20.8 Å². The third kappa shape index (κ3) is 3.53. The molecule has 1 aliphatic rings. The van der Waals surface area contributed by atoms with Crippen LogP contribution < -0.4 is 10.6 Å². The minimum atomic E-state index is -4.40. The molecule has 1 atom stereocenters. The van der Waals surface area contributed by atoms with Crippen LogP contribution in [0.4, 0.5) is 18.3 Å². The van der Waals surface area contributed by atoms with E-state index in [1.165, 1.54) is 0 Å². The lowest BCUT2D eigenvalue weighted by atomic mass is 10.00. The van der Waals surface area contributed by atoms with Gasteiger partial charge in [0, 0.05) is 6.54 Å². The van der Waals surface area contributed by atoms with E-state index >= 15 is 0 Å². The molecule has 0 bridgehead atoms. The number of aromatic nitrogens is 2. The molecule has 1 aromatic heterocycles. The number of piperidine rings is 1. The van der Waals surface area contributed by atoms with E-state index in [0.29, 0.717) is 23.8 Å². The van der Waals surface area contributed by atoms with Crippen LogP contribution >= 0.6 is 11.3 Å². The largest absolute Gasteiger partial charge is 0.445 e. The molecule has 0 spiro atoms. The van der Waals surface area contributed by atoms with Gasteiger partial charge >= 0.3 is 6.18 Å². The van der Waals surface area contributed by atoms with Gasteiger partial charge in [0.2, 0.25) is 10.1 Å². The van der Waals surface area contributed by atoms with E-state index < -0.39 is 11.2 Å². The lowest BCUT2D eigenvalue weighted by molar-refractivity contribution is -0.138. The van der Waals surface area contributed by atoms with Crippen LogP contribution in [-0.2, 0) is 6.18 Å². The Morgan fingerprint density at radius 1 is 1.41 bits per heavy atom. The zero-order valence-corrected chi connectivity index (χ0v) is 9.87. The van der Waals surface area contributed by atoms with Gasteiger partial charge in [-0.1, -0.05) is 11.3 Å². The Bertz CT molecular complexity index is 359. The maximum absolute atomic E-state index is 12.3. The second-order valence-electron chi connectivity index (χ2n) is 4.00. The molecule has 1 fully saturated rings. The first-order valence-electron chi connectivity index (χ1n) is 5.41. The van der Waals surface area contributed by atoms with Gasteiger partial charge < -0.3 is 10.6 Å². The summed E-state index contributed by atoms with van der Waals surface area (Å²) in [5, 5.41) is 12.1. The maximum Gasteiger partial charge on any atom is 0.445 e. The van der Waals surface area contributed by atoms with Crippen molar-refractivity contribution in [1.82, 2.24) is 15.5 Å². The average Bonchev–Trinajstić information content (AvgIpc) is 2.76. The molecular weight excluding hydrogens is 253 g/mol. The summed E-state index contributed by atoms with van der Waals surface area (Å²) < 4.78 is 36.8. The maximum atomic E-state index is 12.3. The lowest BCUT2D eigenvalue weighted by Gasteiger charge is -2.22. The summed E-state index contributed by atoms with van der Waals surface area (Å²) in [6.07, 6.45) is -2.20. The highest BCUT2D eigenvalue weighted by Gasteiger charge is 2.35. The number of alkyl halides is 3. The molecule has 1 aliphatic heterocycles. The van der Waals surface area contributed by atoms with Crippen LogP contribution in [0, 0.1) is 5.92 Å². The van der Waals surface area contributed by atoms with Crippen LogP contribution in [0.2, 0.25) is 0 Å². The summed E-state index contributed by atoms with van der Waals surface area (Å²) in [5.41, 5.74) is 0. The summed E-state index contributed by atoms with van der Waals surface area (Å²) in [5.74, 6) is 0.446. The fourth-order valence-electron chi connectivity index (χ4n) is 1.74. The van der Waals surface area contributed by atoms with Crippen LogP contribution in [0.3, 0.4) is 0 Å². The zero-order chi connectivity index (χ0) is 12.3. The SMILES string of the molecule is FC(F)(F)c1nnc(NCC2CCCNC2)s1. The van der Waals surface area contributed by atoms with Crippen molar-refractivity contribution in [2.45, 2.75) is 19.0 Å². The van der Waals surface area contributed by atoms with Gasteiger partial charge in [-0.25, -0.2) is 0 Å². The molecule has 8 heteroatoms. The smallest absolute Gasteiger partial charge is 0.360 e.